The number of hydrogen-bond acceptors (Lipinski definition) is 8. The maximum Gasteiger partial charge on any atom is 0.269 e. The number of nitrogens with two attached hydrogens (primary N) is 1. The van der Waals surface area contributed by atoms with Crippen LogP contribution in [0.15, 0.2) is 34.0 Å². The third-order valence-corrected chi connectivity index (χ3v) is 4.98. The van der Waals surface area contributed by atoms with Crippen LogP contribution < -0.4 is 16.4 Å². The Bertz CT molecular complexity index is 1100. The third kappa shape index (κ3) is 2.19. The highest BCUT2D eigenvalue weighted by Gasteiger charge is 2.58. The molecule has 4 N–H and O–H groups in total. The zero-order valence-corrected chi connectivity index (χ0v) is 14.9. The molecule has 10 nitrogen and oxygen atoms in total. The maximum atomic E-state index is 13.2. The summed E-state index contributed by atoms with van der Waals surface area (Å²) < 4.78 is 5.74. The second kappa shape index (κ2) is 6.09. The summed E-state index contributed by atoms with van der Waals surface area (Å²) >= 11 is 0. The Balaban J connectivity index is 2.02. The van der Waals surface area contributed by atoms with E-state index >= 15 is 0 Å². The highest BCUT2D eigenvalue weighted by atomic mass is 16.6. The molecule has 0 saturated carbocycles. The van der Waals surface area contributed by atoms with E-state index in [9.17, 15) is 20.2 Å². The molecular weight excluding hydrogens is 364 g/mol. The molecule has 1 aromatic heterocycles. The molecule has 28 heavy (non-hydrogen) atoms. The van der Waals surface area contributed by atoms with Gasteiger partial charge in [-0.15, -0.1) is 0 Å². The van der Waals surface area contributed by atoms with Gasteiger partial charge in [0.25, 0.3) is 5.69 Å². The molecule has 0 bridgehead atoms. The Morgan fingerprint density at radius 1 is 1.43 bits per heavy atom. The fourth-order valence-corrected chi connectivity index (χ4v) is 3.67. The Labute approximate surface area is 159 Å². The summed E-state index contributed by atoms with van der Waals surface area (Å²) in [6.07, 6.45) is 2.30. The number of unbranched alkanes of at least 4 members (excludes halogenated alkanes) is 1. The number of non-ortho nitro benzene ring substituents is 1. The normalized spacial score (nSPS) is 19.6. The molecule has 3 heterocycles. The molecule has 2 aliphatic rings. The summed E-state index contributed by atoms with van der Waals surface area (Å²) in [5.74, 6) is -0.0437. The van der Waals surface area contributed by atoms with Gasteiger partial charge >= 0.3 is 0 Å². The number of carbonyl (C=O) groups is 1. The van der Waals surface area contributed by atoms with Gasteiger partial charge < -0.3 is 20.8 Å². The zero-order chi connectivity index (χ0) is 20.1. The number of aryl methyl sites for hydroxylation is 1. The van der Waals surface area contributed by atoms with Crippen LogP contribution in [-0.2, 0) is 16.6 Å². The second-order valence-electron chi connectivity index (χ2n) is 6.61. The number of nitro groups is 1. The van der Waals surface area contributed by atoms with Gasteiger partial charge in [0.2, 0.25) is 11.8 Å². The number of nitrogens with one attached hydrogen (secondary N) is 2. The minimum atomic E-state index is -1.70. The summed E-state index contributed by atoms with van der Waals surface area (Å²) in [6, 6.07) is 5.97. The van der Waals surface area contributed by atoms with E-state index in [1.165, 1.54) is 18.2 Å². The Morgan fingerprint density at radius 2 is 2.21 bits per heavy atom. The lowest BCUT2D eigenvalue weighted by Crippen LogP contribution is -2.43. The highest BCUT2D eigenvalue weighted by Crippen LogP contribution is 2.52. The van der Waals surface area contributed by atoms with Gasteiger partial charge in [-0.05, 0) is 12.5 Å². The average Bonchev–Trinajstić information content (AvgIpc) is 3.19. The monoisotopic (exact) mass is 380 g/mol. The number of hydrogen-bond donors (Lipinski definition) is 3. The molecule has 2 aliphatic heterocycles. The van der Waals surface area contributed by atoms with Gasteiger partial charge in [-0.3, -0.25) is 14.9 Å². The fraction of sp³-hybridized carbons (Fsp3) is 0.278. The maximum absolute atomic E-state index is 13.2. The van der Waals surface area contributed by atoms with Crippen molar-refractivity contribution in [3.63, 3.8) is 0 Å². The largest absolute Gasteiger partial charge is 0.425 e. The quantitative estimate of drug-likeness (QED) is 0.538. The van der Waals surface area contributed by atoms with Gasteiger partial charge in [0.1, 0.15) is 17.6 Å². The first kappa shape index (κ1) is 17.5. The van der Waals surface area contributed by atoms with Gasteiger partial charge in [-0.25, -0.2) is 4.98 Å². The molecule has 10 heteroatoms. The Kier molecular flexibility index (Phi) is 3.81. The minimum Gasteiger partial charge on any atom is -0.425 e. The van der Waals surface area contributed by atoms with Gasteiger partial charge in [-0.2, -0.15) is 5.26 Å². The summed E-state index contributed by atoms with van der Waals surface area (Å²) in [6.45, 7) is 2.02. The predicted molar refractivity (Wildman–Crippen MR) is 98.1 cm³/mol. The summed E-state index contributed by atoms with van der Waals surface area (Å²) in [5.41, 5.74) is 4.84. The molecule has 0 radical (unpaired) electrons. The predicted octanol–water partition coefficient (Wildman–Crippen LogP) is 2.28. The summed E-state index contributed by atoms with van der Waals surface area (Å²) in [7, 11) is 0. The van der Waals surface area contributed by atoms with E-state index in [1.807, 2.05) is 13.0 Å². The lowest BCUT2D eigenvalue weighted by molar-refractivity contribution is -0.384. The van der Waals surface area contributed by atoms with Crippen LogP contribution >= 0.6 is 0 Å². The number of fused-ring (bicyclic) bond motifs is 4. The number of amides is 1. The molecule has 1 atom stereocenters. The minimum absolute atomic E-state index is 0.0531. The lowest BCUT2D eigenvalue weighted by atomic mass is 9.71. The van der Waals surface area contributed by atoms with Crippen LogP contribution in [0.3, 0.4) is 0 Å². The zero-order valence-electron chi connectivity index (χ0n) is 14.9. The molecular formula is C18H16N6O4. The first-order chi connectivity index (χ1) is 13.4. The smallest absolute Gasteiger partial charge is 0.269 e. The van der Waals surface area contributed by atoms with E-state index in [1.54, 1.807) is 0 Å². The van der Waals surface area contributed by atoms with E-state index in [0.29, 0.717) is 18.0 Å². The molecule has 1 aromatic carbocycles. The number of nitro benzene ring substituents is 1. The van der Waals surface area contributed by atoms with E-state index < -0.39 is 16.2 Å². The van der Waals surface area contributed by atoms with Gasteiger partial charge in [0, 0.05) is 29.8 Å². The van der Waals surface area contributed by atoms with Crippen molar-refractivity contribution in [2.45, 2.75) is 31.6 Å². The average molecular weight is 380 g/mol. The molecule has 0 aliphatic carbocycles. The van der Waals surface area contributed by atoms with Crippen molar-refractivity contribution in [1.82, 2.24) is 4.98 Å². The first-order valence-corrected chi connectivity index (χ1v) is 8.71. The van der Waals surface area contributed by atoms with Crippen LogP contribution in [0.4, 0.5) is 17.3 Å². The van der Waals surface area contributed by atoms with E-state index in [-0.39, 0.29) is 34.2 Å². The van der Waals surface area contributed by atoms with Crippen molar-refractivity contribution in [2.75, 3.05) is 10.6 Å². The number of nitrogens with zero attached hydrogens (tertiary/aromatic N) is 3. The van der Waals surface area contributed by atoms with E-state index in [0.717, 1.165) is 12.8 Å². The Morgan fingerprint density at radius 3 is 2.89 bits per heavy atom. The standard InChI is InChI=1S/C18H16N6O4/c1-2-3-4-13-22-14-16(28-13)23-15(20)11(8-19)18(14)10-7-9(24(26)27)5-6-12(10)21-17(18)25/h5-7,23H,2-4,20H2,1H3,(H,21,25)/t18-/m0/s1. The van der Waals surface area contributed by atoms with Gasteiger partial charge in [-0.1, -0.05) is 13.3 Å². The number of nitriles is 1. The summed E-state index contributed by atoms with van der Waals surface area (Å²) in [5, 5.41) is 26.6. The van der Waals surface area contributed by atoms with Gasteiger partial charge in [0.05, 0.1) is 10.5 Å². The number of aromatic nitrogens is 1. The Hall–Kier alpha value is -3.87. The lowest BCUT2D eigenvalue weighted by Gasteiger charge is -2.30. The van der Waals surface area contributed by atoms with Crippen LogP contribution in [0.2, 0.25) is 0 Å². The molecule has 0 fully saturated rings. The van der Waals surface area contributed by atoms with Crippen molar-refractivity contribution < 1.29 is 14.1 Å². The van der Waals surface area contributed by atoms with Crippen LogP contribution in [-0.4, -0.2) is 15.8 Å². The molecule has 1 amide bonds. The van der Waals surface area contributed by atoms with Crippen molar-refractivity contribution >= 4 is 23.2 Å². The van der Waals surface area contributed by atoms with Crippen molar-refractivity contribution in [2.24, 2.45) is 5.73 Å². The van der Waals surface area contributed by atoms with Crippen molar-refractivity contribution in [3.05, 3.63) is 56.9 Å². The van der Waals surface area contributed by atoms with Crippen LogP contribution in [0.1, 0.15) is 36.9 Å². The highest BCUT2D eigenvalue weighted by molar-refractivity contribution is 6.13. The third-order valence-electron chi connectivity index (χ3n) is 4.98. The van der Waals surface area contributed by atoms with E-state index in [4.69, 9.17) is 10.2 Å². The van der Waals surface area contributed by atoms with Crippen molar-refractivity contribution in [3.8, 4) is 6.07 Å². The fourth-order valence-electron chi connectivity index (χ4n) is 3.67. The number of carbonyl (C=O) groups excluding carboxylic acids is 1. The molecule has 2 aromatic rings. The topological polar surface area (TPSA) is 160 Å². The molecule has 142 valence electrons. The van der Waals surface area contributed by atoms with Crippen LogP contribution in [0.25, 0.3) is 0 Å². The molecule has 0 saturated heterocycles. The van der Waals surface area contributed by atoms with Crippen molar-refractivity contribution in [1.29, 1.82) is 5.26 Å². The molecule has 4 rings (SSSR count). The van der Waals surface area contributed by atoms with E-state index in [2.05, 4.69) is 15.6 Å². The van der Waals surface area contributed by atoms with Crippen LogP contribution in [0.5, 0.6) is 0 Å². The first-order valence-electron chi connectivity index (χ1n) is 8.71. The molecule has 0 unspecified atom stereocenters. The van der Waals surface area contributed by atoms with Gasteiger partial charge in [0.15, 0.2) is 11.3 Å². The SMILES string of the molecule is CCCCc1nc2c(o1)NC(N)=C(C#N)[C@]21C(=O)Nc2ccc([N+](=O)[O-])cc21. The van der Waals surface area contributed by atoms with Crippen LogP contribution in [0, 0.1) is 21.4 Å². The number of rotatable bonds is 4. The number of benzene rings is 1. The number of anilines is 2. The number of oxazole rings is 1. The molecule has 1 spiro atoms. The summed E-state index contributed by atoms with van der Waals surface area (Å²) in [4.78, 5) is 28.4. The second-order valence-corrected chi connectivity index (χ2v) is 6.61.